The fourth-order valence-corrected chi connectivity index (χ4v) is 4.60. The van der Waals surface area contributed by atoms with Crippen LogP contribution in [0.3, 0.4) is 0 Å². The molecule has 0 aliphatic carbocycles. The SMILES string of the molecule is Cc1c(CCN2C3CCC2CC(N)C3)ccc2c1COC2=O. The molecule has 3 aliphatic rings. The Morgan fingerprint density at radius 1 is 1.27 bits per heavy atom. The van der Waals surface area contributed by atoms with Crippen LogP contribution in [0.25, 0.3) is 0 Å². The molecule has 3 aliphatic heterocycles. The summed E-state index contributed by atoms with van der Waals surface area (Å²) in [7, 11) is 0. The van der Waals surface area contributed by atoms with Gasteiger partial charge in [-0.2, -0.15) is 0 Å². The second kappa shape index (κ2) is 5.36. The van der Waals surface area contributed by atoms with Gasteiger partial charge in [-0.3, -0.25) is 4.90 Å². The van der Waals surface area contributed by atoms with E-state index in [2.05, 4.69) is 17.9 Å². The molecule has 2 saturated heterocycles. The zero-order valence-electron chi connectivity index (χ0n) is 13.2. The molecular formula is C18H24N2O2. The second-order valence-electron chi connectivity index (χ2n) is 7.06. The van der Waals surface area contributed by atoms with Gasteiger partial charge < -0.3 is 10.5 Å². The van der Waals surface area contributed by atoms with Crippen LogP contribution in [0.1, 0.15) is 52.7 Å². The predicted octanol–water partition coefficient (Wildman–Crippen LogP) is 2.16. The van der Waals surface area contributed by atoms with Gasteiger partial charge in [-0.05, 0) is 56.2 Å². The Labute approximate surface area is 131 Å². The van der Waals surface area contributed by atoms with E-state index >= 15 is 0 Å². The summed E-state index contributed by atoms with van der Waals surface area (Å²) < 4.78 is 5.15. The lowest BCUT2D eigenvalue weighted by molar-refractivity contribution is 0.0535. The highest BCUT2D eigenvalue weighted by Gasteiger charge is 2.39. The van der Waals surface area contributed by atoms with Crippen molar-refractivity contribution in [3.8, 4) is 0 Å². The minimum atomic E-state index is -0.173. The van der Waals surface area contributed by atoms with Crippen LogP contribution in [0.2, 0.25) is 0 Å². The standard InChI is InChI=1S/C18H24N2O2/c1-11-12(2-5-16-17(11)10-22-18(16)21)6-7-20-14-3-4-15(20)9-13(19)8-14/h2,5,13-15H,3-4,6-10,19H2,1H3. The smallest absolute Gasteiger partial charge is 0.338 e. The van der Waals surface area contributed by atoms with Crippen molar-refractivity contribution in [3.63, 3.8) is 0 Å². The number of cyclic esters (lactones) is 1. The maximum Gasteiger partial charge on any atom is 0.338 e. The molecule has 2 unspecified atom stereocenters. The van der Waals surface area contributed by atoms with Crippen molar-refractivity contribution in [2.24, 2.45) is 5.73 Å². The maximum absolute atomic E-state index is 11.6. The molecule has 118 valence electrons. The van der Waals surface area contributed by atoms with E-state index in [9.17, 15) is 4.79 Å². The van der Waals surface area contributed by atoms with Gasteiger partial charge in [0.2, 0.25) is 0 Å². The van der Waals surface area contributed by atoms with E-state index < -0.39 is 0 Å². The number of nitrogens with two attached hydrogens (primary N) is 1. The number of rotatable bonds is 3. The molecule has 0 spiro atoms. The number of carbonyl (C=O) groups is 1. The van der Waals surface area contributed by atoms with Crippen LogP contribution in [-0.2, 0) is 17.8 Å². The Balaban J connectivity index is 1.48. The first-order valence-electron chi connectivity index (χ1n) is 8.43. The number of carbonyl (C=O) groups excluding carboxylic acids is 1. The van der Waals surface area contributed by atoms with Gasteiger partial charge in [0.25, 0.3) is 0 Å². The number of hydrogen-bond acceptors (Lipinski definition) is 4. The van der Waals surface area contributed by atoms with E-state index in [1.165, 1.54) is 24.0 Å². The highest BCUT2D eigenvalue weighted by molar-refractivity contribution is 5.93. The predicted molar refractivity (Wildman–Crippen MR) is 84.7 cm³/mol. The van der Waals surface area contributed by atoms with Gasteiger partial charge in [0, 0.05) is 30.2 Å². The summed E-state index contributed by atoms with van der Waals surface area (Å²) in [6, 6.07) is 5.83. The normalized spacial score (nSPS) is 30.5. The average Bonchev–Trinajstić information content (AvgIpc) is 2.98. The summed E-state index contributed by atoms with van der Waals surface area (Å²) in [5.41, 5.74) is 10.6. The molecule has 2 N–H and O–H groups in total. The van der Waals surface area contributed by atoms with Crippen molar-refractivity contribution in [2.45, 2.75) is 63.8 Å². The summed E-state index contributed by atoms with van der Waals surface area (Å²) in [6.07, 6.45) is 5.98. The molecule has 4 nitrogen and oxygen atoms in total. The zero-order valence-corrected chi connectivity index (χ0v) is 13.2. The van der Waals surface area contributed by atoms with E-state index in [1.807, 2.05) is 6.07 Å². The third kappa shape index (κ3) is 2.25. The number of ether oxygens (including phenoxy) is 1. The van der Waals surface area contributed by atoms with Gasteiger partial charge in [-0.15, -0.1) is 0 Å². The van der Waals surface area contributed by atoms with Crippen LogP contribution in [0.4, 0.5) is 0 Å². The molecule has 4 heteroatoms. The van der Waals surface area contributed by atoms with Gasteiger partial charge in [-0.1, -0.05) is 6.07 Å². The minimum absolute atomic E-state index is 0.173. The highest BCUT2D eigenvalue weighted by Crippen LogP contribution is 2.35. The largest absolute Gasteiger partial charge is 0.457 e. The molecule has 0 amide bonds. The van der Waals surface area contributed by atoms with Crippen LogP contribution < -0.4 is 5.73 Å². The summed E-state index contributed by atoms with van der Waals surface area (Å²) in [5, 5.41) is 0. The van der Waals surface area contributed by atoms with Crippen LogP contribution >= 0.6 is 0 Å². The van der Waals surface area contributed by atoms with E-state index in [4.69, 9.17) is 10.5 Å². The summed E-state index contributed by atoms with van der Waals surface area (Å²) in [4.78, 5) is 14.3. The molecule has 2 atom stereocenters. The first kappa shape index (κ1) is 14.2. The van der Waals surface area contributed by atoms with Gasteiger partial charge in [0.1, 0.15) is 6.61 Å². The van der Waals surface area contributed by atoms with Crippen LogP contribution in [0.5, 0.6) is 0 Å². The van der Waals surface area contributed by atoms with Gasteiger partial charge >= 0.3 is 5.97 Å². The maximum atomic E-state index is 11.6. The molecule has 22 heavy (non-hydrogen) atoms. The van der Waals surface area contributed by atoms with Crippen molar-refractivity contribution in [3.05, 3.63) is 34.4 Å². The first-order valence-corrected chi connectivity index (χ1v) is 8.43. The topological polar surface area (TPSA) is 55.6 Å². The summed E-state index contributed by atoms with van der Waals surface area (Å²) in [6.45, 7) is 3.67. The van der Waals surface area contributed by atoms with Crippen LogP contribution in [0, 0.1) is 6.92 Å². The molecule has 1 aromatic rings. The lowest BCUT2D eigenvalue weighted by Gasteiger charge is -2.37. The molecule has 3 heterocycles. The van der Waals surface area contributed by atoms with Gasteiger partial charge in [-0.25, -0.2) is 4.79 Å². The minimum Gasteiger partial charge on any atom is -0.457 e. The Hall–Kier alpha value is -1.39. The number of esters is 1. The van der Waals surface area contributed by atoms with Crippen molar-refractivity contribution < 1.29 is 9.53 Å². The average molecular weight is 300 g/mol. The Bertz CT molecular complexity index is 599. The first-order chi connectivity index (χ1) is 10.6. The summed E-state index contributed by atoms with van der Waals surface area (Å²) in [5.74, 6) is -0.173. The van der Waals surface area contributed by atoms with Crippen molar-refractivity contribution >= 4 is 5.97 Å². The molecule has 0 saturated carbocycles. The van der Waals surface area contributed by atoms with Gasteiger partial charge in [0.05, 0.1) is 5.56 Å². The molecule has 4 rings (SSSR count). The highest BCUT2D eigenvalue weighted by atomic mass is 16.5. The number of hydrogen-bond donors (Lipinski definition) is 1. The lowest BCUT2D eigenvalue weighted by atomic mass is 9.94. The molecule has 1 aromatic carbocycles. The van der Waals surface area contributed by atoms with Crippen molar-refractivity contribution in [1.29, 1.82) is 0 Å². The van der Waals surface area contributed by atoms with Gasteiger partial charge in [0.15, 0.2) is 0 Å². The lowest BCUT2D eigenvalue weighted by Crippen LogP contribution is -2.48. The Morgan fingerprint density at radius 2 is 2.00 bits per heavy atom. The van der Waals surface area contributed by atoms with E-state index in [-0.39, 0.29) is 5.97 Å². The molecule has 2 fully saturated rings. The van der Waals surface area contributed by atoms with Crippen LogP contribution in [-0.4, -0.2) is 35.5 Å². The fraction of sp³-hybridized carbons (Fsp3) is 0.611. The van der Waals surface area contributed by atoms with Crippen LogP contribution in [0.15, 0.2) is 12.1 Å². The van der Waals surface area contributed by atoms with E-state index in [1.54, 1.807) is 0 Å². The van der Waals surface area contributed by atoms with Crippen molar-refractivity contribution in [1.82, 2.24) is 4.90 Å². The third-order valence-corrected chi connectivity index (χ3v) is 5.84. The Morgan fingerprint density at radius 3 is 2.73 bits per heavy atom. The number of benzene rings is 1. The number of nitrogens with zero attached hydrogens (tertiary/aromatic N) is 1. The summed E-state index contributed by atoms with van der Waals surface area (Å²) >= 11 is 0. The molecule has 2 bridgehead atoms. The quantitative estimate of drug-likeness (QED) is 0.869. The molecule has 0 aromatic heterocycles. The Kier molecular flexibility index (Phi) is 3.46. The van der Waals surface area contributed by atoms with E-state index in [0.29, 0.717) is 24.7 Å². The van der Waals surface area contributed by atoms with E-state index in [0.717, 1.165) is 36.9 Å². The third-order valence-electron chi connectivity index (χ3n) is 5.84. The fourth-order valence-electron chi connectivity index (χ4n) is 4.60. The number of fused-ring (bicyclic) bond motifs is 3. The van der Waals surface area contributed by atoms with Crippen molar-refractivity contribution in [2.75, 3.05) is 6.54 Å². The second-order valence-corrected chi connectivity index (χ2v) is 7.06. The molecule has 0 radical (unpaired) electrons. The zero-order chi connectivity index (χ0) is 15.3. The molecular weight excluding hydrogens is 276 g/mol. The number of piperidine rings is 1. The monoisotopic (exact) mass is 300 g/mol.